The second kappa shape index (κ2) is 39.0. The number of carbonyl (C=O) groups is 2. The first kappa shape index (κ1) is 48.8. The van der Waals surface area contributed by atoms with Crippen molar-refractivity contribution in [3.63, 3.8) is 0 Å². The quantitative estimate of drug-likeness (QED) is 0.0338. The summed E-state index contributed by atoms with van der Waals surface area (Å²) in [4.78, 5) is 25.8. The second-order valence-corrected chi connectivity index (χ2v) is 14.5. The molecule has 0 saturated carbocycles. The Morgan fingerprint density at radius 2 is 1.06 bits per heavy atom. The number of ether oxygens (including phenoxy) is 1. The molecule has 6 heteroatoms. The van der Waals surface area contributed by atoms with Crippen molar-refractivity contribution in [1.29, 1.82) is 0 Å². The van der Waals surface area contributed by atoms with Crippen LogP contribution in [0.4, 0.5) is 0 Å². The van der Waals surface area contributed by atoms with Crippen LogP contribution in [0, 0.1) is 0 Å². The molecule has 3 N–H and O–H groups in total. The summed E-state index contributed by atoms with van der Waals surface area (Å²) in [6.45, 7) is 6.28. The smallest absolute Gasteiger partial charge is 0.306 e. The molecule has 0 rings (SSSR count). The van der Waals surface area contributed by atoms with Crippen molar-refractivity contribution in [3.8, 4) is 0 Å². The van der Waals surface area contributed by atoms with Gasteiger partial charge in [-0.1, -0.05) is 191 Å². The summed E-state index contributed by atoms with van der Waals surface area (Å²) >= 11 is 0. The number of amides is 1. The van der Waals surface area contributed by atoms with E-state index in [2.05, 4.69) is 44.3 Å². The van der Waals surface area contributed by atoms with Crippen molar-refractivity contribution in [2.24, 2.45) is 0 Å². The predicted molar refractivity (Wildman–Crippen MR) is 218 cm³/mol. The maximum Gasteiger partial charge on any atom is 0.306 e. The van der Waals surface area contributed by atoms with E-state index in [0.29, 0.717) is 19.3 Å². The third kappa shape index (κ3) is 34.7. The van der Waals surface area contributed by atoms with Gasteiger partial charge >= 0.3 is 5.97 Å². The summed E-state index contributed by atoms with van der Waals surface area (Å²) in [6.07, 6.45) is 44.6. The number of aliphatic hydroxyl groups excluding tert-OH is 2. The minimum absolute atomic E-state index is 0.0522. The highest BCUT2D eigenvalue weighted by atomic mass is 16.5. The normalized spacial score (nSPS) is 13.9. The summed E-state index contributed by atoms with van der Waals surface area (Å²) in [5.74, 6) is -0.518. The molecule has 0 radical (unpaired) electrons. The fourth-order valence-corrected chi connectivity index (χ4v) is 6.26. The van der Waals surface area contributed by atoms with Gasteiger partial charge in [0.25, 0.3) is 0 Å². The minimum atomic E-state index is -0.794. The molecule has 3 unspecified atom stereocenters. The number of nitrogens with one attached hydrogen (secondary N) is 1. The van der Waals surface area contributed by atoms with Crippen LogP contribution in [0.25, 0.3) is 0 Å². The summed E-state index contributed by atoms with van der Waals surface area (Å²) < 4.78 is 5.86. The molecule has 51 heavy (non-hydrogen) atoms. The Bertz CT molecular complexity index is 895. The lowest BCUT2D eigenvalue weighted by molar-refractivity contribution is -0.151. The van der Waals surface area contributed by atoms with Crippen molar-refractivity contribution < 1.29 is 24.5 Å². The molecule has 0 spiro atoms. The highest BCUT2D eigenvalue weighted by Crippen LogP contribution is 2.17. The number of unbranched alkanes of at least 4 members (excludes halogenated alkanes) is 20. The maximum atomic E-state index is 13.1. The highest BCUT2D eigenvalue weighted by Gasteiger charge is 2.24. The SMILES string of the molecule is CC/C=C/C=C/C=C/C=C\CCCCCC(CC(=O)NC(CO)C(O)CCCCCCCCCCCC)OC(=O)CCCCCCCCCCC. The molecule has 0 aromatic heterocycles. The summed E-state index contributed by atoms with van der Waals surface area (Å²) in [6, 6.07) is -0.710. The number of hydrogen-bond donors (Lipinski definition) is 3. The standard InChI is InChI=1S/C45H81NO5/c1-4-7-10-13-16-19-21-22-23-25-27-30-33-36-41(51-45(50)38-35-32-29-24-18-15-12-9-6-3)39-44(49)46-42(40-47)43(48)37-34-31-28-26-20-17-14-11-8-5-2/h7,10,13,16,19,21-23,41-43,47-48H,4-6,8-9,11-12,14-15,17-18,20,24-40H2,1-3H3,(H,46,49)/b10-7+,16-13+,21-19+,23-22-. The van der Waals surface area contributed by atoms with Gasteiger partial charge in [0.15, 0.2) is 0 Å². The van der Waals surface area contributed by atoms with Gasteiger partial charge in [0, 0.05) is 6.42 Å². The molecule has 3 atom stereocenters. The summed E-state index contributed by atoms with van der Waals surface area (Å²) in [7, 11) is 0. The first-order valence-corrected chi connectivity index (χ1v) is 21.4. The van der Waals surface area contributed by atoms with Crippen LogP contribution in [0.2, 0.25) is 0 Å². The Labute approximate surface area is 315 Å². The molecule has 0 aromatic carbocycles. The Hall–Kier alpha value is -2.18. The lowest BCUT2D eigenvalue weighted by atomic mass is 10.0. The topological polar surface area (TPSA) is 95.9 Å². The van der Waals surface area contributed by atoms with E-state index in [9.17, 15) is 19.8 Å². The van der Waals surface area contributed by atoms with E-state index >= 15 is 0 Å². The van der Waals surface area contributed by atoms with E-state index in [0.717, 1.165) is 70.6 Å². The highest BCUT2D eigenvalue weighted by molar-refractivity contribution is 5.77. The van der Waals surface area contributed by atoms with Gasteiger partial charge in [0.2, 0.25) is 5.91 Å². The van der Waals surface area contributed by atoms with Gasteiger partial charge in [-0.15, -0.1) is 0 Å². The number of aliphatic hydroxyl groups is 2. The van der Waals surface area contributed by atoms with E-state index < -0.39 is 18.2 Å². The second-order valence-electron chi connectivity index (χ2n) is 14.5. The number of hydrogen-bond acceptors (Lipinski definition) is 5. The van der Waals surface area contributed by atoms with Crippen LogP contribution in [0.15, 0.2) is 48.6 Å². The van der Waals surface area contributed by atoms with E-state index in [-0.39, 0.29) is 24.9 Å². The van der Waals surface area contributed by atoms with Gasteiger partial charge in [-0.2, -0.15) is 0 Å². The molecule has 0 heterocycles. The van der Waals surface area contributed by atoms with Crippen LogP contribution in [0.3, 0.4) is 0 Å². The Kier molecular flexibility index (Phi) is 37.4. The fraction of sp³-hybridized carbons (Fsp3) is 0.778. The van der Waals surface area contributed by atoms with Gasteiger partial charge in [-0.3, -0.25) is 9.59 Å². The number of rotatable bonds is 37. The fourth-order valence-electron chi connectivity index (χ4n) is 6.26. The molecule has 6 nitrogen and oxygen atoms in total. The average Bonchev–Trinajstić information content (AvgIpc) is 3.12. The summed E-state index contributed by atoms with van der Waals surface area (Å²) in [5, 5.41) is 23.5. The minimum Gasteiger partial charge on any atom is -0.462 e. The molecule has 0 bridgehead atoms. The largest absolute Gasteiger partial charge is 0.462 e. The van der Waals surface area contributed by atoms with E-state index in [4.69, 9.17) is 4.74 Å². The van der Waals surface area contributed by atoms with Crippen LogP contribution >= 0.6 is 0 Å². The van der Waals surface area contributed by atoms with Crippen LogP contribution in [0.5, 0.6) is 0 Å². The zero-order chi connectivity index (χ0) is 37.5. The zero-order valence-corrected chi connectivity index (χ0v) is 33.5. The predicted octanol–water partition coefficient (Wildman–Crippen LogP) is 11.9. The number of allylic oxidation sites excluding steroid dienone is 8. The van der Waals surface area contributed by atoms with Crippen molar-refractivity contribution in [2.45, 2.75) is 219 Å². The third-order valence-electron chi connectivity index (χ3n) is 9.52. The van der Waals surface area contributed by atoms with E-state index in [1.165, 1.54) is 83.5 Å². The zero-order valence-electron chi connectivity index (χ0n) is 33.5. The van der Waals surface area contributed by atoms with E-state index in [1.54, 1.807) is 0 Å². The molecule has 0 aliphatic carbocycles. The first-order chi connectivity index (χ1) is 25.0. The molecule has 1 amide bonds. The van der Waals surface area contributed by atoms with Crippen molar-refractivity contribution in [1.82, 2.24) is 5.32 Å². The van der Waals surface area contributed by atoms with Crippen LogP contribution < -0.4 is 5.32 Å². The van der Waals surface area contributed by atoms with Crippen molar-refractivity contribution >= 4 is 11.9 Å². The van der Waals surface area contributed by atoms with Gasteiger partial charge in [0.1, 0.15) is 6.10 Å². The molecule has 0 aliphatic heterocycles. The van der Waals surface area contributed by atoms with Crippen molar-refractivity contribution in [3.05, 3.63) is 48.6 Å². The van der Waals surface area contributed by atoms with Crippen LogP contribution in [0.1, 0.15) is 201 Å². The van der Waals surface area contributed by atoms with Gasteiger partial charge in [0.05, 0.1) is 25.2 Å². The van der Waals surface area contributed by atoms with Gasteiger partial charge < -0.3 is 20.3 Å². The van der Waals surface area contributed by atoms with Gasteiger partial charge in [-0.05, 0) is 44.9 Å². The first-order valence-electron chi connectivity index (χ1n) is 21.4. The molecule has 0 aliphatic rings. The van der Waals surface area contributed by atoms with Crippen molar-refractivity contribution in [2.75, 3.05) is 6.61 Å². The molecule has 0 aromatic rings. The third-order valence-corrected chi connectivity index (χ3v) is 9.52. The molecule has 0 saturated heterocycles. The van der Waals surface area contributed by atoms with Gasteiger partial charge in [-0.25, -0.2) is 0 Å². The van der Waals surface area contributed by atoms with Crippen LogP contribution in [-0.2, 0) is 14.3 Å². The maximum absolute atomic E-state index is 13.1. The average molecular weight is 716 g/mol. The number of carbonyl (C=O) groups excluding carboxylic acids is 2. The molecule has 0 fully saturated rings. The Morgan fingerprint density at radius 1 is 0.588 bits per heavy atom. The Balaban J connectivity index is 4.69. The lowest BCUT2D eigenvalue weighted by Crippen LogP contribution is -2.46. The molecular weight excluding hydrogens is 634 g/mol. The van der Waals surface area contributed by atoms with Crippen LogP contribution in [-0.4, -0.2) is 46.9 Å². The van der Waals surface area contributed by atoms with E-state index in [1.807, 2.05) is 30.4 Å². The number of esters is 1. The monoisotopic (exact) mass is 716 g/mol. The molecular formula is C45H81NO5. The lowest BCUT2D eigenvalue weighted by Gasteiger charge is -2.24. The Morgan fingerprint density at radius 3 is 1.61 bits per heavy atom. The molecule has 296 valence electrons. The summed E-state index contributed by atoms with van der Waals surface area (Å²) in [5.41, 5.74) is 0.